The first-order valence-electron chi connectivity index (χ1n) is 6.56. The van der Waals surface area contributed by atoms with Crippen LogP contribution in [0.5, 0.6) is 0 Å². The number of anilines is 1. The molecule has 2 aliphatic rings. The van der Waals surface area contributed by atoms with Gasteiger partial charge in [0.25, 0.3) is 0 Å². The van der Waals surface area contributed by atoms with Gasteiger partial charge in [-0.25, -0.2) is 8.42 Å². The summed E-state index contributed by atoms with van der Waals surface area (Å²) in [5.74, 6) is 1.14. The zero-order chi connectivity index (χ0) is 15.2. The lowest BCUT2D eigenvalue weighted by atomic mass is 10.1. The van der Waals surface area contributed by atoms with E-state index in [4.69, 9.17) is 23.2 Å². The predicted molar refractivity (Wildman–Crippen MR) is 90.7 cm³/mol. The third-order valence-corrected chi connectivity index (χ3v) is 6.85. The second-order valence-electron chi connectivity index (χ2n) is 5.02. The van der Waals surface area contributed by atoms with Crippen molar-refractivity contribution in [3.05, 3.63) is 28.2 Å². The van der Waals surface area contributed by atoms with E-state index in [9.17, 15) is 8.42 Å². The topological polar surface area (TPSA) is 49.7 Å². The quantitative estimate of drug-likeness (QED) is 0.808. The molecule has 0 amide bonds. The normalized spacial score (nSPS) is 26.8. The van der Waals surface area contributed by atoms with Gasteiger partial charge >= 0.3 is 0 Å². The van der Waals surface area contributed by atoms with Gasteiger partial charge in [0, 0.05) is 5.69 Å². The van der Waals surface area contributed by atoms with Crippen LogP contribution in [0.15, 0.2) is 23.2 Å². The highest BCUT2D eigenvalue weighted by Gasteiger charge is 2.47. The molecule has 1 fully saturated rings. The Morgan fingerprint density at radius 1 is 1.33 bits per heavy atom. The van der Waals surface area contributed by atoms with Crippen molar-refractivity contribution >= 4 is 55.7 Å². The van der Waals surface area contributed by atoms with Crippen molar-refractivity contribution in [2.75, 3.05) is 22.2 Å². The van der Waals surface area contributed by atoms with E-state index in [1.807, 2.05) is 17.9 Å². The van der Waals surface area contributed by atoms with Crippen LogP contribution in [0.1, 0.15) is 6.92 Å². The first-order valence-corrected chi connectivity index (χ1v) is 10.1. The number of halogens is 2. The average Bonchev–Trinajstić information content (AvgIpc) is 2.85. The molecule has 0 bridgehead atoms. The highest BCUT2D eigenvalue weighted by Crippen LogP contribution is 2.37. The van der Waals surface area contributed by atoms with Crippen molar-refractivity contribution in [1.82, 2.24) is 0 Å². The van der Waals surface area contributed by atoms with E-state index in [-0.39, 0.29) is 23.6 Å². The average molecular weight is 365 g/mol. The summed E-state index contributed by atoms with van der Waals surface area (Å²) in [7, 11) is -3.02. The number of aliphatic imine (C=N–C) groups is 1. The molecule has 0 radical (unpaired) electrons. The van der Waals surface area contributed by atoms with Crippen LogP contribution in [0.2, 0.25) is 10.0 Å². The number of hydrogen-bond donors (Lipinski definition) is 0. The summed E-state index contributed by atoms with van der Waals surface area (Å²) in [5.41, 5.74) is 0.841. The van der Waals surface area contributed by atoms with Crippen molar-refractivity contribution in [1.29, 1.82) is 0 Å². The molecule has 2 heterocycles. The maximum atomic E-state index is 11.9. The van der Waals surface area contributed by atoms with Crippen LogP contribution in [-0.4, -0.2) is 42.9 Å². The number of fused-ring (bicyclic) bond motifs is 1. The molecule has 2 unspecified atom stereocenters. The molecule has 2 atom stereocenters. The Kier molecular flexibility index (Phi) is 4.16. The molecular weight excluding hydrogens is 351 g/mol. The Bertz CT molecular complexity index is 706. The Labute approximate surface area is 138 Å². The van der Waals surface area contributed by atoms with Crippen molar-refractivity contribution in [2.45, 2.75) is 19.0 Å². The summed E-state index contributed by atoms with van der Waals surface area (Å²) in [5, 5.41) is 1.80. The molecule has 21 heavy (non-hydrogen) atoms. The highest BCUT2D eigenvalue weighted by atomic mass is 35.5. The van der Waals surface area contributed by atoms with Crippen LogP contribution < -0.4 is 4.90 Å². The van der Waals surface area contributed by atoms with Gasteiger partial charge in [0.1, 0.15) is 0 Å². The second kappa shape index (κ2) is 5.65. The van der Waals surface area contributed by atoms with Crippen LogP contribution in [0.3, 0.4) is 0 Å². The molecule has 0 N–H and O–H groups in total. The molecule has 114 valence electrons. The molecule has 8 heteroatoms. The van der Waals surface area contributed by atoms with E-state index in [1.54, 1.807) is 23.9 Å². The molecule has 2 aliphatic heterocycles. The lowest BCUT2D eigenvalue weighted by Crippen LogP contribution is -2.39. The summed E-state index contributed by atoms with van der Waals surface area (Å²) >= 11 is 13.7. The number of benzene rings is 1. The highest BCUT2D eigenvalue weighted by molar-refractivity contribution is 8.14. The predicted octanol–water partition coefficient (Wildman–Crippen LogP) is 3.09. The molecule has 0 spiro atoms. The maximum Gasteiger partial charge on any atom is 0.164 e. The Morgan fingerprint density at radius 2 is 2.10 bits per heavy atom. The van der Waals surface area contributed by atoms with Gasteiger partial charge in [0.15, 0.2) is 15.0 Å². The molecule has 0 aromatic heterocycles. The minimum atomic E-state index is -3.02. The Hall–Kier alpha value is -0.430. The number of amidine groups is 1. The standard InChI is InChI=1S/C13H14Cl2N2O2S2/c1-2-20-13-16-11-6-21(18,19)7-12(11)17(13)8-3-4-9(14)10(15)5-8/h3-5,11-12H,2,6-7H2,1H3. The fourth-order valence-corrected chi connectivity index (χ4v) is 5.68. The van der Waals surface area contributed by atoms with Gasteiger partial charge in [0.05, 0.1) is 33.6 Å². The van der Waals surface area contributed by atoms with E-state index in [0.29, 0.717) is 10.0 Å². The number of hydrogen-bond acceptors (Lipinski definition) is 5. The molecule has 1 saturated heterocycles. The molecule has 0 aliphatic carbocycles. The summed E-state index contributed by atoms with van der Waals surface area (Å²) in [6.45, 7) is 2.05. The van der Waals surface area contributed by atoms with Gasteiger partial charge in [-0.3, -0.25) is 4.99 Å². The van der Waals surface area contributed by atoms with Crippen LogP contribution in [0, 0.1) is 0 Å². The van der Waals surface area contributed by atoms with Gasteiger partial charge in [0.2, 0.25) is 0 Å². The lowest BCUT2D eigenvalue weighted by Gasteiger charge is -2.26. The maximum absolute atomic E-state index is 11.9. The SMILES string of the molecule is CCSC1=NC2CS(=O)(=O)CC2N1c1ccc(Cl)c(Cl)c1. The van der Waals surface area contributed by atoms with E-state index < -0.39 is 9.84 Å². The molecule has 4 nitrogen and oxygen atoms in total. The second-order valence-corrected chi connectivity index (χ2v) is 9.22. The van der Waals surface area contributed by atoms with E-state index in [0.717, 1.165) is 16.6 Å². The van der Waals surface area contributed by atoms with Crippen LogP contribution in [0.4, 0.5) is 5.69 Å². The molecule has 0 saturated carbocycles. The van der Waals surface area contributed by atoms with Gasteiger partial charge in [-0.05, 0) is 24.0 Å². The van der Waals surface area contributed by atoms with E-state index in [2.05, 4.69) is 4.99 Å². The van der Waals surface area contributed by atoms with Crippen LogP contribution in [0.25, 0.3) is 0 Å². The van der Waals surface area contributed by atoms with Gasteiger partial charge in [-0.15, -0.1) is 0 Å². The number of thioether (sulfide) groups is 1. The zero-order valence-electron chi connectivity index (χ0n) is 11.3. The van der Waals surface area contributed by atoms with E-state index >= 15 is 0 Å². The molecule has 1 aromatic carbocycles. The fourth-order valence-electron chi connectivity index (χ4n) is 2.70. The minimum Gasteiger partial charge on any atom is -0.315 e. The Morgan fingerprint density at radius 3 is 2.76 bits per heavy atom. The Balaban J connectivity index is 2.01. The minimum absolute atomic E-state index is 0.128. The third kappa shape index (κ3) is 2.91. The molecular formula is C13H14Cl2N2O2S2. The summed E-state index contributed by atoms with van der Waals surface area (Å²) in [6, 6.07) is 5.03. The van der Waals surface area contributed by atoms with Gasteiger partial charge in [-0.2, -0.15) is 0 Å². The summed E-state index contributed by atoms with van der Waals surface area (Å²) in [4.78, 5) is 6.59. The third-order valence-electron chi connectivity index (χ3n) is 3.56. The summed E-state index contributed by atoms with van der Waals surface area (Å²) in [6.07, 6.45) is 0. The van der Waals surface area contributed by atoms with Gasteiger partial charge in [-0.1, -0.05) is 41.9 Å². The smallest absolute Gasteiger partial charge is 0.164 e. The first-order chi connectivity index (χ1) is 9.91. The fraction of sp³-hybridized carbons (Fsp3) is 0.462. The monoisotopic (exact) mass is 364 g/mol. The largest absolute Gasteiger partial charge is 0.315 e. The number of rotatable bonds is 2. The molecule has 3 rings (SSSR count). The zero-order valence-corrected chi connectivity index (χ0v) is 14.4. The van der Waals surface area contributed by atoms with Crippen LogP contribution >= 0.6 is 35.0 Å². The molecule has 1 aromatic rings. The summed E-state index contributed by atoms with van der Waals surface area (Å²) < 4.78 is 23.7. The first kappa shape index (κ1) is 15.5. The van der Waals surface area contributed by atoms with Gasteiger partial charge < -0.3 is 4.90 Å². The number of nitrogens with zero attached hydrogens (tertiary/aromatic N) is 2. The van der Waals surface area contributed by atoms with E-state index in [1.165, 1.54) is 0 Å². The van der Waals surface area contributed by atoms with Crippen molar-refractivity contribution in [2.24, 2.45) is 4.99 Å². The lowest BCUT2D eigenvalue weighted by molar-refractivity contribution is 0.601. The number of sulfone groups is 1. The van der Waals surface area contributed by atoms with Crippen molar-refractivity contribution in [3.8, 4) is 0 Å². The van der Waals surface area contributed by atoms with Crippen molar-refractivity contribution < 1.29 is 8.42 Å². The van der Waals surface area contributed by atoms with Crippen molar-refractivity contribution in [3.63, 3.8) is 0 Å². The van der Waals surface area contributed by atoms with Crippen LogP contribution in [-0.2, 0) is 9.84 Å².